The molecule has 0 aromatic carbocycles. The molecule has 0 atom stereocenters. The fraction of sp³-hybridized carbons (Fsp3) is 0.267. The molecule has 1 fully saturated rings. The highest BCUT2D eigenvalue weighted by Crippen LogP contribution is 2.30. The van der Waals surface area contributed by atoms with Crippen LogP contribution < -0.4 is 0 Å². The summed E-state index contributed by atoms with van der Waals surface area (Å²) in [5, 5.41) is 0. The molecular weight excluding hydrogens is 318 g/mol. The van der Waals surface area contributed by atoms with Gasteiger partial charge in [-0.25, -0.2) is 4.98 Å². The van der Waals surface area contributed by atoms with Crippen LogP contribution in [0, 0.1) is 0 Å². The molecular formula is C15H14BrN3O. The molecule has 1 aliphatic rings. The summed E-state index contributed by atoms with van der Waals surface area (Å²) in [5.74, 6) is -0.0242. The van der Waals surface area contributed by atoms with Crippen molar-refractivity contribution in [2.75, 3.05) is 0 Å². The standard InChI is InChI=1S/C15H14BrN3O/c16-13-4-2-8-18-14(13)15(20)19(12-5-6-12)10-11-3-1-7-17-9-11/h1-4,7-9,12H,5-6,10H2. The Kier molecular flexibility index (Phi) is 3.78. The predicted octanol–water partition coefficient (Wildman–Crippen LogP) is 3.04. The lowest BCUT2D eigenvalue weighted by atomic mass is 10.2. The van der Waals surface area contributed by atoms with Gasteiger partial charge in [0.2, 0.25) is 0 Å². The molecule has 0 saturated heterocycles. The molecule has 0 bridgehead atoms. The van der Waals surface area contributed by atoms with Crippen LogP contribution >= 0.6 is 15.9 Å². The molecule has 0 spiro atoms. The second-order valence-electron chi connectivity index (χ2n) is 4.86. The smallest absolute Gasteiger partial charge is 0.274 e. The van der Waals surface area contributed by atoms with Crippen LogP contribution in [0.2, 0.25) is 0 Å². The normalized spacial score (nSPS) is 14.1. The van der Waals surface area contributed by atoms with Gasteiger partial charge < -0.3 is 4.90 Å². The van der Waals surface area contributed by atoms with Gasteiger partial charge in [0.05, 0.1) is 0 Å². The number of nitrogens with zero attached hydrogens (tertiary/aromatic N) is 3. The number of rotatable bonds is 4. The summed E-state index contributed by atoms with van der Waals surface area (Å²) in [6, 6.07) is 7.86. The lowest BCUT2D eigenvalue weighted by Gasteiger charge is -2.22. The van der Waals surface area contributed by atoms with Gasteiger partial charge in [0.25, 0.3) is 5.91 Å². The number of hydrogen-bond acceptors (Lipinski definition) is 3. The maximum Gasteiger partial charge on any atom is 0.274 e. The van der Waals surface area contributed by atoms with E-state index in [-0.39, 0.29) is 5.91 Å². The van der Waals surface area contributed by atoms with Crippen molar-refractivity contribution in [3.8, 4) is 0 Å². The first-order chi connectivity index (χ1) is 9.75. The van der Waals surface area contributed by atoms with E-state index in [0.29, 0.717) is 18.3 Å². The Morgan fingerprint density at radius 3 is 2.75 bits per heavy atom. The minimum Gasteiger partial charge on any atom is -0.330 e. The second kappa shape index (κ2) is 5.71. The Labute approximate surface area is 126 Å². The Bertz CT molecular complexity index is 614. The minimum absolute atomic E-state index is 0.0242. The largest absolute Gasteiger partial charge is 0.330 e. The highest BCUT2D eigenvalue weighted by molar-refractivity contribution is 9.10. The summed E-state index contributed by atoms with van der Waals surface area (Å²) >= 11 is 3.40. The van der Waals surface area contributed by atoms with Crippen LogP contribution in [0.1, 0.15) is 28.9 Å². The van der Waals surface area contributed by atoms with Crippen LogP contribution in [0.4, 0.5) is 0 Å². The average molecular weight is 332 g/mol. The minimum atomic E-state index is -0.0242. The summed E-state index contributed by atoms with van der Waals surface area (Å²) in [4.78, 5) is 22.9. The van der Waals surface area contributed by atoms with Crippen LogP contribution in [-0.2, 0) is 6.54 Å². The predicted molar refractivity (Wildman–Crippen MR) is 79.1 cm³/mol. The molecule has 0 N–H and O–H groups in total. The fourth-order valence-electron chi connectivity index (χ4n) is 2.12. The summed E-state index contributed by atoms with van der Waals surface area (Å²) in [6.45, 7) is 0.584. The van der Waals surface area contributed by atoms with Crippen LogP contribution in [0.25, 0.3) is 0 Å². The van der Waals surface area contributed by atoms with E-state index in [1.165, 1.54) is 0 Å². The van der Waals surface area contributed by atoms with Gasteiger partial charge in [-0.3, -0.25) is 9.78 Å². The van der Waals surface area contributed by atoms with Crippen LogP contribution in [0.3, 0.4) is 0 Å². The molecule has 102 valence electrons. The van der Waals surface area contributed by atoms with E-state index in [1.807, 2.05) is 29.2 Å². The third-order valence-corrected chi connectivity index (χ3v) is 3.93. The van der Waals surface area contributed by atoms with Crippen molar-refractivity contribution in [2.24, 2.45) is 0 Å². The average Bonchev–Trinajstić information content (AvgIpc) is 3.30. The molecule has 0 aliphatic heterocycles. The van der Waals surface area contributed by atoms with E-state index in [1.54, 1.807) is 18.6 Å². The van der Waals surface area contributed by atoms with Crippen molar-refractivity contribution in [3.05, 3.63) is 58.6 Å². The first-order valence-corrected chi connectivity index (χ1v) is 7.35. The lowest BCUT2D eigenvalue weighted by Crippen LogP contribution is -2.33. The molecule has 0 unspecified atom stereocenters. The van der Waals surface area contributed by atoms with E-state index < -0.39 is 0 Å². The zero-order valence-electron chi connectivity index (χ0n) is 10.9. The highest BCUT2D eigenvalue weighted by atomic mass is 79.9. The zero-order chi connectivity index (χ0) is 13.9. The number of hydrogen-bond donors (Lipinski definition) is 0. The van der Waals surface area contributed by atoms with Crippen LogP contribution in [0.15, 0.2) is 47.3 Å². The maximum absolute atomic E-state index is 12.7. The molecule has 0 radical (unpaired) electrons. The number of aromatic nitrogens is 2. The molecule has 2 aromatic rings. The van der Waals surface area contributed by atoms with Gasteiger partial charge in [-0.05, 0) is 52.5 Å². The zero-order valence-corrected chi connectivity index (χ0v) is 12.5. The van der Waals surface area contributed by atoms with Gasteiger partial charge in [0.15, 0.2) is 0 Å². The van der Waals surface area contributed by atoms with Crippen molar-refractivity contribution in [2.45, 2.75) is 25.4 Å². The van der Waals surface area contributed by atoms with Gasteiger partial charge in [0.1, 0.15) is 5.69 Å². The molecule has 1 aliphatic carbocycles. The van der Waals surface area contributed by atoms with Crippen molar-refractivity contribution in [3.63, 3.8) is 0 Å². The van der Waals surface area contributed by atoms with Crippen LogP contribution in [0.5, 0.6) is 0 Å². The number of pyridine rings is 2. The molecule has 1 amide bonds. The second-order valence-corrected chi connectivity index (χ2v) is 5.71. The van der Waals surface area contributed by atoms with E-state index in [9.17, 15) is 4.79 Å². The molecule has 5 heteroatoms. The Hall–Kier alpha value is -1.75. The quantitative estimate of drug-likeness (QED) is 0.865. The van der Waals surface area contributed by atoms with Crippen molar-refractivity contribution in [1.29, 1.82) is 0 Å². The van der Waals surface area contributed by atoms with Gasteiger partial charge in [-0.1, -0.05) is 6.07 Å². The van der Waals surface area contributed by atoms with E-state index in [0.717, 1.165) is 22.9 Å². The summed E-state index contributed by atoms with van der Waals surface area (Å²) < 4.78 is 0.738. The van der Waals surface area contributed by atoms with Gasteiger partial charge in [0, 0.05) is 35.6 Å². The SMILES string of the molecule is O=C(c1ncccc1Br)N(Cc1cccnc1)C1CC1. The lowest BCUT2D eigenvalue weighted by molar-refractivity contribution is 0.0722. The molecule has 1 saturated carbocycles. The first kappa shape index (κ1) is 13.2. The molecule has 3 rings (SSSR count). The Morgan fingerprint density at radius 2 is 2.10 bits per heavy atom. The number of amides is 1. The number of carbonyl (C=O) groups excluding carboxylic acids is 1. The summed E-state index contributed by atoms with van der Waals surface area (Å²) in [5.41, 5.74) is 1.52. The third kappa shape index (κ3) is 2.88. The van der Waals surface area contributed by atoms with E-state index in [2.05, 4.69) is 25.9 Å². The van der Waals surface area contributed by atoms with Gasteiger partial charge >= 0.3 is 0 Å². The molecule has 2 aromatic heterocycles. The first-order valence-electron chi connectivity index (χ1n) is 6.56. The summed E-state index contributed by atoms with van der Waals surface area (Å²) in [6.07, 6.45) is 7.32. The van der Waals surface area contributed by atoms with Crippen molar-refractivity contribution >= 4 is 21.8 Å². The van der Waals surface area contributed by atoms with Crippen molar-refractivity contribution < 1.29 is 4.79 Å². The Balaban J connectivity index is 1.84. The van der Waals surface area contributed by atoms with Gasteiger partial charge in [-0.2, -0.15) is 0 Å². The van der Waals surface area contributed by atoms with E-state index in [4.69, 9.17) is 0 Å². The number of halogens is 1. The highest BCUT2D eigenvalue weighted by Gasteiger charge is 2.34. The topological polar surface area (TPSA) is 46.1 Å². The van der Waals surface area contributed by atoms with Gasteiger partial charge in [-0.15, -0.1) is 0 Å². The maximum atomic E-state index is 12.7. The third-order valence-electron chi connectivity index (χ3n) is 3.29. The van der Waals surface area contributed by atoms with E-state index >= 15 is 0 Å². The fourth-order valence-corrected chi connectivity index (χ4v) is 2.54. The van der Waals surface area contributed by atoms with Crippen molar-refractivity contribution in [1.82, 2.24) is 14.9 Å². The van der Waals surface area contributed by atoms with Crippen LogP contribution in [-0.4, -0.2) is 26.8 Å². The molecule has 2 heterocycles. The monoisotopic (exact) mass is 331 g/mol. The summed E-state index contributed by atoms with van der Waals surface area (Å²) in [7, 11) is 0. The Morgan fingerprint density at radius 1 is 1.30 bits per heavy atom. The molecule has 20 heavy (non-hydrogen) atoms. The molecule has 4 nitrogen and oxygen atoms in total. The number of carbonyl (C=O) groups is 1.